The molecular formula is H3B2NO2. The average Bonchev–Trinajstić information content (AvgIpc) is 1.41. The molecule has 0 aliphatic carbocycles. The van der Waals surface area contributed by atoms with Gasteiger partial charge in [-0.15, -0.1) is 0 Å². The fourth-order valence-corrected chi connectivity index (χ4v) is 0.0351. The summed E-state index contributed by atoms with van der Waals surface area (Å²) in [6.07, 6.45) is 0. The van der Waals surface area contributed by atoms with Crippen LogP contribution in [0.1, 0.15) is 0 Å². The van der Waals surface area contributed by atoms with Crippen LogP contribution in [0.25, 0.3) is 0 Å². The maximum absolute atomic E-state index is 7.61. The predicted octanol–water partition coefficient (Wildman–Crippen LogP) is -1.98. The maximum Gasteiger partial charge on any atom is 0.469 e. The van der Waals surface area contributed by atoms with Crippen molar-refractivity contribution in [1.82, 2.24) is 0 Å². The largest absolute Gasteiger partial charge is 0.469 e. The van der Waals surface area contributed by atoms with Crippen molar-refractivity contribution in [2.75, 3.05) is 0 Å². The van der Waals surface area contributed by atoms with Crippen LogP contribution in [-0.2, 0) is 4.57 Å². The monoisotopic (exact) mass is 71.0 g/mol. The summed E-state index contributed by atoms with van der Waals surface area (Å²) in [4.78, 5) is 0. The van der Waals surface area contributed by atoms with Crippen LogP contribution < -0.4 is 5.64 Å². The van der Waals surface area contributed by atoms with Gasteiger partial charge >= 0.3 is 15.3 Å². The van der Waals surface area contributed by atoms with Crippen molar-refractivity contribution in [3.05, 3.63) is 0 Å². The normalized spacial score (nSPS) is 6.80. The summed E-state index contributed by atoms with van der Waals surface area (Å²) < 4.78 is 3.92. The molecule has 0 bridgehead atoms. The highest BCUT2D eigenvalue weighted by molar-refractivity contribution is 6.35. The molecule has 0 fully saturated rings. The molecule has 0 aromatic heterocycles. The topological polar surface area (TPSA) is 55.5 Å². The van der Waals surface area contributed by atoms with Crippen LogP contribution in [0, 0.1) is 0 Å². The molecule has 0 amide bonds. The Bertz CT molecular complexity index is 15.1. The van der Waals surface area contributed by atoms with Crippen LogP contribution in [0.15, 0.2) is 0 Å². The second-order valence-corrected chi connectivity index (χ2v) is 0.378. The third-order valence-electron chi connectivity index (χ3n) is 0.139. The fraction of sp³-hybridized carbons (Fsp3) is 0. The summed E-state index contributed by atoms with van der Waals surface area (Å²) in [5.74, 6) is 0. The van der Waals surface area contributed by atoms with Crippen molar-refractivity contribution in [3.8, 4) is 0 Å². The molecule has 0 saturated heterocycles. The van der Waals surface area contributed by atoms with Crippen LogP contribution in [-0.4, -0.2) is 20.3 Å². The molecular weight excluding hydrogens is 67.6 g/mol. The van der Waals surface area contributed by atoms with Crippen LogP contribution in [0.5, 0.6) is 0 Å². The molecule has 2 radical (unpaired) electrons. The molecule has 3 N–H and O–H groups in total. The third-order valence-corrected chi connectivity index (χ3v) is 0.139. The second-order valence-electron chi connectivity index (χ2n) is 0.378. The lowest BCUT2D eigenvalue weighted by molar-refractivity contribution is 0.470. The minimum Gasteiger partial charge on any atom is -0.467 e. The molecule has 0 atom stereocenters. The van der Waals surface area contributed by atoms with Gasteiger partial charge in [0.1, 0.15) is 0 Å². The van der Waals surface area contributed by atoms with Crippen LogP contribution >= 0.6 is 0 Å². The van der Waals surface area contributed by atoms with Crippen molar-refractivity contribution < 1.29 is 9.60 Å². The molecule has 0 heterocycles. The Hall–Kier alpha value is 0.00987. The molecule has 26 valence electrons. The molecule has 0 unspecified atom stereocenters. The van der Waals surface area contributed by atoms with Gasteiger partial charge in [0.15, 0.2) is 0 Å². The van der Waals surface area contributed by atoms with E-state index in [0.717, 1.165) is 7.62 Å². The molecule has 3 nitrogen and oxygen atoms in total. The van der Waals surface area contributed by atoms with E-state index in [1.807, 2.05) is 0 Å². The minimum atomic E-state index is 0.500. The first-order valence-electron chi connectivity index (χ1n) is 1.06. The Morgan fingerprint density at radius 2 is 2.40 bits per heavy atom. The molecule has 0 spiro atoms. The maximum atomic E-state index is 7.61. The fourth-order valence-electron chi connectivity index (χ4n) is 0.0351. The molecule has 0 aliphatic rings. The molecule has 0 aromatic rings. The average molecular weight is 70.7 g/mol. The van der Waals surface area contributed by atoms with E-state index in [2.05, 4.69) is 10.2 Å². The Morgan fingerprint density at radius 1 is 1.80 bits per heavy atom. The predicted molar refractivity (Wildman–Crippen MR) is 19.0 cm³/mol. The highest BCUT2D eigenvalue weighted by Crippen LogP contribution is 1.44. The van der Waals surface area contributed by atoms with Crippen molar-refractivity contribution in [1.29, 1.82) is 0 Å². The Morgan fingerprint density at radius 3 is 2.40 bits per heavy atom. The van der Waals surface area contributed by atoms with Gasteiger partial charge < -0.3 is 15.2 Å². The van der Waals surface area contributed by atoms with Crippen molar-refractivity contribution in [2.45, 2.75) is 0 Å². The standard InChI is InChI=1S/B2H3NO2/c3-1-5-2-4/h4H,3H2. The van der Waals surface area contributed by atoms with Crippen LogP contribution in [0.3, 0.4) is 0 Å². The van der Waals surface area contributed by atoms with Gasteiger partial charge in [0.2, 0.25) is 0 Å². The second kappa shape index (κ2) is 4.01. The summed E-state index contributed by atoms with van der Waals surface area (Å²) in [5.41, 5.74) is 4.60. The van der Waals surface area contributed by atoms with Gasteiger partial charge in [-0.25, -0.2) is 0 Å². The van der Waals surface area contributed by atoms with E-state index in [-0.39, 0.29) is 0 Å². The Balaban J connectivity index is 2.19. The molecule has 0 aromatic carbocycles. The smallest absolute Gasteiger partial charge is 0.467 e. The van der Waals surface area contributed by atoms with Gasteiger partial charge in [-0.05, 0) is 0 Å². The van der Waals surface area contributed by atoms with Crippen molar-refractivity contribution in [3.63, 3.8) is 0 Å². The van der Waals surface area contributed by atoms with E-state index in [1.54, 1.807) is 0 Å². The van der Waals surface area contributed by atoms with E-state index < -0.39 is 0 Å². The first-order valence-corrected chi connectivity index (χ1v) is 1.06. The van der Waals surface area contributed by atoms with E-state index in [4.69, 9.17) is 5.02 Å². The van der Waals surface area contributed by atoms with E-state index >= 15 is 0 Å². The zero-order chi connectivity index (χ0) is 4.12. The van der Waals surface area contributed by atoms with E-state index in [1.165, 1.54) is 0 Å². The SMILES string of the molecule is N[B]O[B]O. The summed E-state index contributed by atoms with van der Waals surface area (Å²) in [7, 11) is 1.38. The number of rotatable bonds is 2. The van der Waals surface area contributed by atoms with Gasteiger partial charge in [-0.1, -0.05) is 0 Å². The lowest BCUT2D eigenvalue weighted by Crippen LogP contribution is -2.12. The Kier molecular flexibility index (Phi) is 4.02. The molecule has 0 saturated carbocycles. The van der Waals surface area contributed by atoms with E-state index in [9.17, 15) is 0 Å². The lowest BCUT2D eigenvalue weighted by atomic mass is 10.2. The first kappa shape index (κ1) is 5.01. The molecule has 5 heteroatoms. The highest BCUT2D eigenvalue weighted by atomic mass is 16.5. The van der Waals surface area contributed by atoms with E-state index in [0.29, 0.717) is 7.69 Å². The zero-order valence-electron chi connectivity index (χ0n) is 2.59. The van der Waals surface area contributed by atoms with Gasteiger partial charge in [0.05, 0.1) is 0 Å². The zero-order valence-corrected chi connectivity index (χ0v) is 2.59. The summed E-state index contributed by atoms with van der Waals surface area (Å²) in [6, 6.07) is 0. The summed E-state index contributed by atoms with van der Waals surface area (Å²) in [6.45, 7) is 0. The third kappa shape index (κ3) is 4.01. The molecule has 0 aliphatic heterocycles. The quantitative estimate of drug-likeness (QED) is 0.371. The van der Waals surface area contributed by atoms with Crippen LogP contribution in [0.2, 0.25) is 0 Å². The van der Waals surface area contributed by atoms with Crippen molar-refractivity contribution >= 4 is 15.3 Å². The Labute approximate surface area is 31.7 Å². The van der Waals surface area contributed by atoms with Gasteiger partial charge in [0.25, 0.3) is 0 Å². The molecule has 0 rings (SSSR count). The number of hydrogen-bond acceptors (Lipinski definition) is 3. The number of nitrogens with two attached hydrogens (primary N) is 1. The minimum absolute atomic E-state index is 0.500. The van der Waals surface area contributed by atoms with Crippen LogP contribution in [0.4, 0.5) is 0 Å². The van der Waals surface area contributed by atoms with Gasteiger partial charge in [0, 0.05) is 0 Å². The summed E-state index contributed by atoms with van der Waals surface area (Å²) >= 11 is 0. The van der Waals surface area contributed by atoms with Crippen molar-refractivity contribution in [2.24, 2.45) is 5.64 Å². The summed E-state index contributed by atoms with van der Waals surface area (Å²) in [5, 5.41) is 7.61. The van der Waals surface area contributed by atoms with Gasteiger partial charge in [-0.3, -0.25) is 0 Å². The number of hydrogen-bond donors (Lipinski definition) is 2. The highest BCUT2D eigenvalue weighted by Gasteiger charge is 1.78. The van der Waals surface area contributed by atoms with Gasteiger partial charge in [-0.2, -0.15) is 0 Å². The lowest BCUT2D eigenvalue weighted by Gasteiger charge is -1.79. The first-order chi connectivity index (χ1) is 2.41. The molecule has 5 heavy (non-hydrogen) atoms.